The number of aromatic nitrogens is 1. The van der Waals surface area contributed by atoms with Crippen LogP contribution in [0, 0.1) is 11.8 Å². The number of anilines is 1. The molecule has 2 heterocycles. The average Bonchev–Trinajstić information content (AvgIpc) is 2.39. The quantitative estimate of drug-likeness (QED) is 0.900. The van der Waals surface area contributed by atoms with Crippen LogP contribution in [-0.4, -0.2) is 31.2 Å². The molecular formula is C15H24BrN3. The van der Waals surface area contributed by atoms with E-state index in [1.165, 1.54) is 18.5 Å². The Morgan fingerprint density at radius 1 is 1.53 bits per heavy atom. The summed E-state index contributed by atoms with van der Waals surface area (Å²) in [6.07, 6.45) is 6.38. The molecule has 4 heteroatoms. The van der Waals surface area contributed by atoms with Crippen LogP contribution in [-0.2, 0) is 0 Å². The molecule has 19 heavy (non-hydrogen) atoms. The topological polar surface area (TPSA) is 28.2 Å². The van der Waals surface area contributed by atoms with Gasteiger partial charge in [-0.05, 0) is 59.8 Å². The van der Waals surface area contributed by atoms with E-state index in [0.717, 1.165) is 42.5 Å². The summed E-state index contributed by atoms with van der Waals surface area (Å²) in [7, 11) is 0. The van der Waals surface area contributed by atoms with E-state index in [9.17, 15) is 0 Å². The molecule has 0 saturated carbocycles. The molecule has 0 spiro atoms. The van der Waals surface area contributed by atoms with Gasteiger partial charge in [-0.15, -0.1) is 0 Å². The zero-order chi connectivity index (χ0) is 13.7. The number of nitrogens with zero attached hydrogens (tertiary/aromatic N) is 2. The average molecular weight is 326 g/mol. The molecule has 1 aliphatic rings. The molecular weight excluding hydrogens is 302 g/mol. The highest BCUT2D eigenvalue weighted by atomic mass is 79.9. The van der Waals surface area contributed by atoms with E-state index in [1.54, 1.807) is 0 Å². The fourth-order valence-corrected chi connectivity index (χ4v) is 3.15. The maximum atomic E-state index is 4.14. The zero-order valence-electron chi connectivity index (χ0n) is 11.9. The van der Waals surface area contributed by atoms with Crippen LogP contribution in [0.2, 0.25) is 0 Å². The summed E-state index contributed by atoms with van der Waals surface area (Å²) in [5.74, 6) is 1.49. The van der Waals surface area contributed by atoms with Crippen LogP contribution >= 0.6 is 15.9 Å². The number of rotatable bonds is 5. The van der Waals surface area contributed by atoms with Crippen LogP contribution < -0.4 is 10.2 Å². The van der Waals surface area contributed by atoms with Gasteiger partial charge in [-0.25, -0.2) is 0 Å². The second-order valence-electron chi connectivity index (χ2n) is 5.83. The SMILES string of the molecule is CC(C)CNCC1CCCN(c2ccncc2Br)C1. The summed E-state index contributed by atoms with van der Waals surface area (Å²) in [6.45, 7) is 9.08. The molecule has 1 fully saturated rings. The first-order valence-electron chi connectivity index (χ1n) is 7.22. The molecule has 0 amide bonds. The first-order chi connectivity index (χ1) is 9.16. The standard InChI is InChI=1S/C15H24BrN3/c1-12(2)8-18-9-13-4-3-7-19(11-13)15-5-6-17-10-14(15)16/h5-6,10,12-13,18H,3-4,7-9,11H2,1-2H3. The maximum Gasteiger partial charge on any atom is 0.0592 e. The second kappa shape index (κ2) is 7.25. The smallest absolute Gasteiger partial charge is 0.0592 e. The van der Waals surface area contributed by atoms with E-state index in [-0.39, 0.29) is 0 Å². The third-order valence-electron chi connectivity index (χ3n) is 3.60. The Balaban J connectivity index is 1.88. The highest BCUT2D eigenvalue weighted by Crippen LogP contribution is 2.28. The molecule has 1 saturated heterocycles. The Morgan fingerprint density at radius 2 is 2.37 bits per heavy atom. The highest BCUT2D eigenvalue weighted by molar-refractivity contribution is 9.10. The third-order valence-corrected chi connectivity index (χ3v) is 4.21. The lowest BCUT2D eigenvalue weighted by molar-refractivity contribution is 0.382. The fraction of sp³-hybridized carbons (Fsp3) is 0.667. The van der Waals surface area contributed by atoms with Crippen molar-refractivity contribution in [2.75, 3.05) is 31.1 Å². The van der Waals surface area contributed by atoms with Crippen molar-refractivity contribution in [3.05, 3.63) is 22.9 Å². The Hall–Kier alpha value is -0.610. The molecule has 2 rings (SSSR count). The van der Waals surface area contributed by atoms with E-state index >= 15 is 0 Å². The third kappa shape index (κ3) is 4.46. The van der Waals surface area contributed by atoms with Gasteiger partial charge < -0.3 is 10.2 Å². The Morgan fingerprint density at radius 3 is 3.11 bits per heavy atom. The first-order valence-corrected chi connectivity index (χ1v) is 8.01. The van der Waals surface area contributed by atoms with Gasteiger partial charge in [0.1, 0.15) is 0 Å². The van der Waals surface area contributed by atoms with Crippen molar-refractivity contribution in [2.45, 2.75) is 26.7 Å². The Labute approximate surface area is 124 Å². The van der Waals surface area contributed by atoms with Gasteiger partial charge in [0, 0.05) is 25.5 Å². The monoisotopic (exact) mass is 325 g/mol. The Bertz CT molecular complexity index is 395. The normalized spacial score (nSPS) is 20.0. The van der Waals surface area contributed by atoms with E-state index in [2.05, 4.69) is 51.0 Å². The van der Waals surface area contributed by atoms with E-state index in [4.69, 9.17) is 0 Å². The minimum atomic E-state index is 0.731. The molecule has 1 atom stereocenters. The summed E-state index contributed by atoms with van der Waals surface area (Å²) in [5.41, 5.74) is 1.28. The fourth-order valence-electron chi connectivity index (χ4n) is 2.65. The highest BCUT2D eigenvalue weighted by Gasteiger charge is 2.21. The maximum absolute atomic E-state index is 4.14. The molecule has 1 aromatic rings. The van der Waals surface area contributed by atoms with Crippen LogP contribution in [0.3, 0.4) is 0 Å². The molecule has 0 radical (unpaired) electrons. The molecule has 1 aromatic heterocycles. The molecule has 106 valence electrons. The van der Waals surface area contributed by atoms with Crippen molar-refractivity contribution in [3.63, 3.8) is 0 Å². The van der Waals surface area contributed by atoms with E-state index < -0.39 is 0 Å². The van der Waals surface area contributed by atoms with Crippen LogP contribution in [0.5, 0.6) is 0 Å². The predicted molar refractivity (Wildman–Crippen MR) is 84.6 cm³/mol. The molecule has 1 N–H and O–H groups in total. The molecule has 0 aromatic carbocycles. The van der Waals surface area contributed by atoms with Crippen LogP contribution in [0.15, 0.2) is 22.9 Å². The predicted octanol–water partition coefficient (Wildman–Crippen LogP) is 3.31. The summed E-state index contributed by atoms with van der Waals surface area (Å²) >= 11 is 3.60. The van der Waals surface area contributed by atoms with E-state index in [1.807, 2.05) is 12.4 Å². The number of pyridine rings is 1. The van der Waals surface area contributed by atoms with Gasteiger partial charge >= 0.3 is 0 Å². The van der Waals surface area contributed by atoms with Gasteiger partial charge in [-0.2, -0.15) is 0 Å². The molecule has 3 nitrogen and oxygen atoms in total. The number of nitrogens with one attached hydrogen (secondary N) is 1. The van der Waals surface area contributed by atoms with Crippen molar-refractivity contribution in [1.82, 2.24) is 10.3 Å². The largest absolute Gasteiger partial charge is 0.370 e. The molecule has 0 aliphatic carbocycles. The number of hydrogen-bond donors (Lipinski definition) is 1. The second-order valence-corrected chi connectivity index (χ2v) is 6.69. The van der Waals surface area contributed by atoms with Crippen molar-refractivity contribution in [2.24, 2.45) is 11.8 Å². The van der Waals surface area contributed by atoms with E-state index in [0.29, 0.717) is 0 Å². The number of piperidine rings is 1. The lowest BCUT2D eigenvalue weighted by Gasteiger charge is -2.35. The van der Waals surface area contributed by atoms with Crippen molar-refractivity contribution >= 4 is 21.6 Å². The summed E-state index contributed by atoms with van der Waals surface area (Å²) in [6, 6.07) is 2.11. The van der Waals surface area contributed by atoms with Gasteiger partial charge in [0.05, 0.1) is 10.2 Å². The Kier molecular flexibility index (Phi) is 5.64. The van der Waals surface area contributed by atoms with Crippen LogP contribution in [0.25, 0.3) is 0 Å². The lowest BCUT2D eigenvalue weighted by atomic mass is 9.97. The zero-order valence-corrected chi connectivity index (χ0v) is 13.5. The van der Waals surface area contributed by atoms with Gasteiger partial charge in [-0.1, -0.05) is 13.8 Å². The molecule has 1 unspecified atom stereocenters. The van der Waals surface area contributed by atoms with Gasteiger partial charge in [0.15, 0.2) is 0 Å². The summed E-state index contributed by atoms with van der Waals surface area (Å²) in [5, 5.41) is 3.59. The van der Waals surface area contributed by atoms with Crippen LogP contribution in [0.1, 0.15) is 26.7 Å². The van der Waals surface area contributed by atoms with Gasteiger partial charge in [-0.3, -0.25) is 4.98 Å². The summed E-state index contributed by atoms with van der Waals surface area (Å²) in [4.78, 5) is 6.63. The molecule has 1 aliphatic heterocycles. The summed E-state index contributed by atoms with van der Waals surface area (Å²) < 4.78 is 1.10. The lowest BCUT2D eigenvalue weighted by Crippen LogP contribution is -2.40. The minimum absolute atomic E-state index is 0.731. The van der Waals surface area contributed by atoms with Crippen molar-refractivity contribution in [1.29, 1.82) is 0 Å². The number of halogens is 1. The molecule has 0 bridgehead atoms. The first kappa shape index (κ1) is 14.8. The van der Waals surface area contributed by atoms with Crippen molar-refractivity contribution in [3.8, 4) is 0 Å². The van der Waals surface area contributed by atoms with Gasteiger partial charge in [0.2, 0.25) is 0 Å². The number of hydrogen-bond acceptors (Lipinski definition) is 3. The van der Waals surface area contributed by atoms with Crippen LogP contribution in [0.4, 0.5) is 5.69 Å². The van der Waals surface area contributed by atoms with Gasteiger partial charge in [0.25, 0.3) is 0 Å². The van der Waals surface area contributed by atoms with Crippen molar-refractivity contribution < 1.29 is 0 Å². The minimum Gasteiger partial charge on any atom is -0.370 e.